The van der Waals surface area contributed by atoms with E-state index in [4.69, 9.17) is 10.3 Å². The van der Waals surface area contributed by atoms with Crippen LogP contribution in [-0.2, 0) is 9.53 Å². The van der Waals surface area contributed by atoms with Gasteiger partial charge < -0.3 is 4.74 Å². The predicted molar refractivity (Wildman–Crippen MR) is 72.5 cm³/mol. The summed E-state index contributed by atoms with van der Waals surface area (Å²) in [6.07, 6.45) is 2.95. The van der Waals surface area contributed by atoms with Crippen molar-refractivity contribution in [1.29, 1.82) is 0 Å². The van der Waals surface area contributed by atoms with Gasteiger partial charge in [-0.15, -0.1) is 0 Å². The van der Waals surface area contributed by atoms with Crippen LogP contribution in [0.1, 0.15) is 23.7 Å². The summed E-state index contributed by atoms with van der Waals surface area (Å²) in [7, 11) is 0. The summed E-state index contributed by atoms with van der Waals surface area (Å²) in [6, 6.07) is 0. The van der Waals surface area contributed by atoms with E-state index in [2.05, 4.69) is 20.0 Å². The second-order valence-electron chi connectivity index (χ2n) is 4.48. The van der Waals surface area contributed by atoms with Gasteiger partial charge in [-0.1, -0.05) is 5.11 Å². The van der Waals surface area contributed by atoms with E-state index in [-0.39, 0.29) is 36.5 Å². The zero-order chi connectivity index (χ0) is 15.2. The Kier molecular flexibility index (Phi) is 4.68. The lowest BCUT2D eigenvalue weighted by atomic mass is 10.1. The quantitative estimate of drug-likeness (QED) is 0.350. The lowest BCUT2D eigenvalue weighted by molar-refractivity contribution is -0.117. The van der Waals surface area contributed by atoms with Crippen LogP contribution < -0.4 is 4.90 Å². The second kappa shape index (κ2) is 6.67. The van der Waals surface area contributed by atoms with Crippen LogP contribution in [0, 0.1) is 5.92 Å². The lowest BCUT2D eigenvalue weighted by Crippen LogP contribution is -2.27. The maximum Gasteiger partial charge on any atom is 0.341 e. The van der Waals surface area contributed by atoms with Gasteiger partial charge in [0.05, 0.1) is 12.2 Å². The van der Waals surface area contributed by atoms with Crippen molar-refractivity contribution < 1.29 is 14.3 Å². The molecule has 9 nitrogen and oxygen atoms in total. The number of carbonyl (C=O) groups is 2. The SMILES string of the molecule is CCOC(=O)c1cnc(N2CC(CN=[N+]=[N-])CC2=O)nc1. The van der Waals surface area contributed by atoms with E-state index in [9.17, 15) is 9.59 Å². The topological polar surface area (TPSA) is 121 Å². The number of ether oxygens (including phenoxy) is 1. The molecule has 21 heavy (non-hydrogen) atoms. The van der Waals surface area contributed by atoms with Crippen LogP contribution in [0.15, 0.2) is 17.5 Å². The van der Waals surface area contributed by atoms with E-state index in [1.807, 2.05) is 0 Å². The molecule has 0 N–H and O–H groups in total. The van der Waals surface area contributed by atoms with Gasteiger partial charge in [-0.3, -0.25) is 9.69 Å². The van der Waals surface area contributed by atoms with Crippen molar-refractivity contribution in [3.8, 4) is 0 Å². The number of esters is 1. The van der Waals surface area contributed by atoms with Crippen LogP contribution in [0.4, 0.5) is 5.95 Å². The number of azide groups is 1. The number of hydrogen-bond acceptors (Lipinski definition) is 6. The summed E-state index contributed by atoms with van der Waals surface area (Å²) < 4.78 is 4.83. The van der Waals surface area contributed by atoms with Gasteiger partial charge in [-0.2, -0.15) is 0 Å². The number of aromatic nitrogens is 2. The Labute approximate surface area is 120 Å². The van der Waals surface area contributed by atoms with E-state index < -0.39 is 5.97 Å². The van der Waals surface area contributed by atoms with E-state index in [1.54, 1.807) is 6.92 Å². The number of amides is 1. The maximum absolute atomic E-state index is 11.9. The molecule has 1 amide bonds. The van der Waals surface area contributed by atoms with Crippen molar-refractivity contribution >= 4 is 17.8 Å². The molecule has 2 heterocycles. The normalized spacial score (nSPS) is 17.5. The van der Waals surface area contributed by atoms with Crippen molar-refractivity contribution in [2.75, 3.05) is 24.6 Å². The average molecular weight is 290 g/mol. The Morgan fingerprint density at radius 3 is 2.90 bits per heavy atom. The van der Waals surface area contributed by atoms with Crippen molar-refractivity contribution in [3.05, 3.63) is 28.4 Å². The van der Waals surface area contributed by atoms with Crippen molar-refractivity contribution in [3.63, 3.8) is 0 Å². The molecule has 1 unspecified atom stereocenters. The second-order valence-corrected chi connectivity index (χ2v) is 4.48. The van der Waals surface area contributed by atoms with Crippen LogP contribution in [-0.4, -0.2) is 41.5 Å². The van der Waals surface area contributed by atoms with Crippen LogP contribution in [0.25, 0.3) is 10.4 Å². The number of hydrogen-bond donors (Lipinski definition) is 0. The van der Waals surface area contributed by atoms with E-state index >= 15 is 0 Å². The fourth-order valence-corrected chi connectivity index (χ4v) is 2.03. The van der Waals surface area contributed by atoms with Gasteiger partial charge in [-0.25, -0.2) is 14.8 Å². The van der Waals surface area contributed by atoms with E-state index in [1.165, 1.54) is 17.3 Å². The lowest BCUT2D eigenvalue weighted by Gasteiger charge is -2.13. The number of anilines is 1. The standard InChI is InChI=1S/C12H14N6O3/c1-2-21-11(20)9-5-14-12(15-6-9)18-7-8(3-10(18)19)4-16-17-13/h5-6,8H,2-4,7H2,1H3. The number of rotatable bonds is 5. The molecular formula is C12H14N6O3. The van der Waals surface area contributed by atoms with Gasteiger partial charge >= 0.3 is 5.97 Å². The first-order chi connectivity index (χ1) is 10.2. The first-order valence-corrected chi connectivity index (χ1v) is 6.46. The minimum atomic E-state index is -0.502. The first-order valence-electron chi connectivity index (χ1n) is 6.46. The van der Waals surface area contributed by atoms with E-state index in [0.717, 1.165) is 0 Å². The minimum absolute atomic E-state index is 0.0401. The fraction of sp³-hybridized carbons (Fsp3) is 0.500. The Morgan fingerprint density at radius 1 is 1.57 bits per heavy atom. The van der Waals surface area contributed by atoms with Crippen LogP contribution in [0.3, 0.4) is 0 Å². The van der Waals surface area contributed by atoms with Gasteiger partial charge in [0.25, 0.3) is 0 Å². The molecule has 1 fully saturated rings. The number of carbonyl (C=O) groups excluding carboxylic acids is 2. The molecule has 0 saturated carbocycles. The van der Waals surface area contributed by atoms with E-state index in [0.29, 0.717) is 13.0 Å². The first kappa shape index (κ1) is 14.7. The molecule has 9 heteroatoms. The largest absolute Gasteiger partial charge is 0.462 e. The maximum atomic E-state index is 11.9. The third-order valence-electron chi connectivity index (χ3n) is 3.00. The molecule has 0 bridgehead atoms. The van der Waals surface area contributed by atoms with Gasteiger partial charge in [0.2, 0.25) is 11.9 Å². The Hall–Kier alpha value is -2.67. The molecule has 1 aliphatic heterocycles. The summed E-state index contributed by atoms with van der Waals surface area (Å²) in [6.45, 7) is 2.64. The molecule has 2 rings (SSSR count). The molecule has 1 atom stereocenters. The minimum Gasteiger partial charge on any atom is -0.462 e. The zero-order valence-corrected chi connectivity index (χ0v) is 11.5. The van der Waals surface area contributed by atoms with Crippen molar-refractivity contribution in [2.24, 2.45) is 11.0 Å². The van der Waals surface area contributed by atoms with Gasteiger partial charge in [0.15, 0.2) is 0 Å². The summed E-state index contributed by atoms with van der Waals surface area (Å²) >= 11 is 0. The monoisotopic (exact) mass is 290 g/mol. The summed E-state index contributed by atoms with van der Waals surface area (Å²) in [5, 5.41) is 3.47. The zero-order valence-electron chi connectivity index (χ0n) is 11.5. The Morgan fingerprint density at radius 2 is 2.29 bits per heavy atom. The highest BCUT2D eigenvalue weighted by Crippen LogP contribution is 2.22. The molecule has 1 saturated heterocycles. The van der Waals surface area contributed by atoms with Gasteiger partial charge in [0.1, 0.15) is 0 Å². The molecular weight excluding hydrogens is 276 g/mol. The van der Waals surface area contributed by atoms with Gasteiger partial charge in [-0.05, 0) is 18.4 Å². The molecule has 1 aliphatic rings. The van der Waals surface area contributed by atoms with Gasteiger partial charge in [0, 0.05) is 36.8 Å². The molecule has 0 radical (unpaired) electrons. The Balaban J connectivity index is 2.07. The highest BCUT2D eigenvalue weighted by Gasteiger charge is 2.31. The third-order valence-corrected chi connectivity index (χ3v) is 3.00. The van der Waals surface area contributed by atoms with Crippen molar-refractivity contribution in [2.45, 2.75) is 13.3 Å². The van der Waals surface area contributed by atoms with Crippen LogP contribution >= 0.6 is 0 Å². The molecule has 1 aromatic heterocycles. The average Bonchev–Trinajstić information content (AvgIpc) is 2.86. The highest BCUT2D eigenvalue weighted by atomic mass is 16.5. The fourth-order valence-electron chi connectivity index (χ4n) is 2.03. The Bertz CT molecular complexity index is 581. The molecule has 1 aromatic rings. The highest BCUT2D eigenvalue weighted by molar-refractivity contribution is 5.94. The van der Waals surface area contributed by atoms with Crippen LogP contribution in [0.2, 0.25) is 0 Å². The summed E-state index contributed by atoms with van der Waals surface area (Å²) in [5.74, 6) is -0.437. The number of nitrogens with zero attached hydrogens (tertiary/aromatic N) is 6. The summed E-state index contributed by atoms with van der Waals surface area (Å²) in [4.78, 5) is 35.5. The van der Waals surface area contributed by atoms with Crippen LogP contribution in [0.5, 0.6) is 0 Å². The molecule has 0 aromatic carbocycles. The predicted octanol–water partition coefficient (Wildman–Crippen LogP) is 1.32. The summed E-state index contributed by atoms with van der Waals surface area (Å²) in [5.41, 5.74) is 8.53. The molecule has 110 valence electrons. The van der Waals surface area contributed by atoms with Crippen molar-refractivity contribution in [1.82, 2.24) is 9.97 Å². The molecule has 0 aliphatic carbocycles. The molecule has 0 spiro atoms. The smallest absolute Gasteiger partial charge is 0.341 e. The third kappa shape index (κ3) is 3.46.